The summed E-state index contributed by atoms with van der Waals surface area (Å²) >= 11 is -0.719. The predicted molar refractivity (Wildman–Crippen MR) is 126 cm³/mol. The van der Waals surface area contributed by atoms with Crippen molar-refractivity contribution in [1.82, 2.24) is 0 Å². The molecule has 2 aliphatic heterocycles. The van der Waals surface area contributed by atoms with Gasteiger partial charge in [-0.05, 0) is 0 Å². The Bertz CT molecular complexity index is 1400. The zero-order valence-corrected chi connectivity index (χ0v) is 19.9. The number of fused-ring (bicyclic) bond motifs is 8. The van der Waals surface area contributed by atoms with E-state index in [2.05, 4.69) is 72.8 Å². The molecule has 3 aliphatic carbocycles. The molecule has 9 rings (SSSR count). The summed E-state index contributed by atoms with van der Waals surface area (Å²) in [4.78, 5) is 0. The first kappa shape index (κ1) is 17.3. The third-order valence-electron chi connectivity index (χ3n) is 8.24. The van der Waals surface area contributed by atoms with Crippen molar-refractivity contribution in [2.24, 2.45) is 0 Å². The molecule has 31 heavy (non-hydrogen) atoms. The van der Waals surface area contributed by atoms with Crippen LogP contribution in [0.3, 0.4) is 0 Å². The van der Waals surface area contributed by atoms with Gasteiger partial charge in [0, 0.05) is 0 Å². The molecule has 0 radical (unpaired) electrons. The van der Waals surface area contributed by atoms with Gasteiger partial charge in [-0.25, -0.2) is 0 Å². The summed E-state index contributed by atoms with van der Waals surface area (Å²) in [6.07, 6.45) is 5.04. The van der Waals surface area contributed by atoms with E-state index in [0.717, 1.165) is 7.25 Å². The molecule has 0 saturated carbocycles. The van der Waals surface area contributed by atoms with Crippen LogP contribution in [0.15, 0.2) is 83.9 Å². The summed E-state index contributed by atoms with van der Waals surface area (Å²) in [5.74, 6) is 0. The Kier molecular flexibility index (Phi) is 3.45. The molecule has 146 valence electrons. The third-order valence-corrected chi connectivity index (χ3v) is 13.1. The average molecular weight is 474 g/mol. The Balaban J connectivity index is 1.39. The molecular weight excluding hydrogens is 452 g/mol. The van der Waals surface area contributed by atoms with Crippen molar-refractivity contribution in [2.45, 2.75) is 32.9 Å². The molecule has 1 heteroatoms. The van der Waals surface area contributed by atoms with E-state index in [1.807, 2.05) is 11.1 Å². The molecule has 0 saturated heterocycles. The van der Waals surface area contributed by atoms with E-state index < -0.39 is 23.2 Å². The van der Waals surface area contributed by atoms with E-state index in [9.17, 15) is 0 Å². The van der Waals surface area contributed by atoms with Gasteiger partial charge in [0.2, 0.25) is 0 Å². The summed E-state index contributed by atoms with van der Waals surface area (Å²) in [5, 5.41) is 5.83. The summed E-state index contributed by atoms with van der Waals surface area (Å²) < 4.78 is 1.55. The Hall–Kier alpha value is -2.24. The van der Waals surface area contributed by atoms with E-state index in [4.69, 9.17) is 0 Å². The standard InChI is InChI=1S/C30H22.Zr/c1-3-7-25-19(5-1)9-11-23-17-21-14-16-28-22(13-15-27(21)29(23)25)18-24-12-10-20-6-2-4-8-26(20)30(24)28;/h1-12,17-18H,13-16H2;. The Morgan fingerprint density at radius 2 is 1.00 bits per heavy atom. The molecule has 2 heterocycles. The molecule has 5 aliphatic rings. The molecule has 0 spiro atoms. The van der Waals surface area contributed by atoms with Crippen molar-refractivity contribution >= 4 is 32.7 Å². The van der Waals surface area contributed by atoms with Crippen molar-refractivity contribution in [2.75, 3.05) is 0 Å². The van der Waals surface area contributed by atoms with Crippen LogP contribution < -0.4 is 0 Å². The van der Waals surface area contributed by atoms with Crippen LogP contribution in [0.25, 0.3) is 32.7 Å². The van der Waals surface area contributed by atoms with Gasteiger partial charge in [-0.2, -0.15) is 0 Å². The Morgan fingerprint density at radius 1 is 0.516 bits per heavy atom. The molecule has 2 unspecified atom stereocenters. The van der Waals surface area contributed by atoms with Crippen LogP contribution in [0.5, 0.6) is 0 Å². The molecule has 2 atom stereocenters. The van der Waals surface area contributed by atoms with E-state index >= 15 is 0 Å². The van der Waals surface area contributed by atoms with Crippen molar-refractivity contribution in [3.8, 4) is 0 Å². The van der Waals surface area contributed by atoms with Crippen LogP contribution in [-0.4, -0.2) is 0 Å². The second-order valence-electron chi connectivity index (χ2n) is 9.54. The topological polar surface area (TPSA) is 0 Å². The average Bonchev–Trinajstić information content (AvgIpc) is 3.27. The maximum absolute atomic E-state index is 2.50. The molecule has 0 aromatic heterocycles. The first-order chi connectivity index (χ1) is 15.4. The van der Waals surface area contributed by atoms with Gasteiger partial charge in [0.15, 0.2) is 0 Å². The van der Waals surface area contributed by atoms with Crippen LogP contribution in [0.4, 0.5) is 0 Å². The maximum atomic E-state index is 2.50. The third kappa shape index (κ3) is 2.19. The fourth-order valence-electron chi connectivity index (χ4n) is 7.00. The van der Waals surface area contributed by atoms with Crippen LogP contribution in [0.2, 0.25) is 0 Å². The molecule has 0 fully saturated rings. The van der Waals surface area contributed by atoms with Gasteiger partial charge < -0.3 is 0 Å². The molecule has 4 aromatic carbocycles. The van der Waals surface area contributed by atoms with E-state index in [1.54, 1.807) is 33.4 Å². The number of allylic oxidation sites excluding steroid dienone is 4. The van der Waals surface area contributed by atoms with E-state index in [-0.39, 0.29) is 0 Å². The van der Waals surface area contributed by atoms with Crippen LogP contribution in [0.1, 0.15) is 55.2 Å². The predicted octanol–water partition coefficient (Wildman–Crippen LogP) is 7.98. The summed E-state index contributed by atoms with van der Waals surface area (Å²) in [5.41, 5.74) is 13.8. The number of hydrogen-bond donors (Lipinski definition) is 0. The Morgan fingerprint density at radius 3 is 1.52 bits per heavy atom. The van der Waals surface area contributed by atoms with Crippen LogP contribution >= 0.6 is 0 Å². The molecule has 4 aromatic rings. The molecule has 0 amide bonds. The minimum atomic E-state index is -0.719. The van der Waals surface area contributed by atoms with Crippen molar-refractivity contribution < 1.29 is 23.2 Å². The first-order valence-electron chi connectivity index (χ1n) is 11.6. The fourth-order valence-corrected chi connectivity index (χ4v) is 12.4. The van der Waals surface area contributed by atoms with E-state index in [1.165, 1.54) is 47.2 Å². The molecule has 0 nitrogen and oxygen atoms in total. The van der Waals surface area contributed by atoms with E-state index in [0.29, 0.717) is 0 Å². The van der Waals surface area contributed by atoms with Gasteiger partial charge in [0.1, 0.15) is 0 Å². The second-order valence-corrected chi connectivity index (χ2v) is 13.2. The number of hydrogen-bond acceptors (Lipinski definition) is 0. The summed E-state index contributed by atoms with van der Waals surface area (Å²) in [6.45, 7) is 0. The monoisotopic (exact) mass is 472 g/mol. The second kappa shape index (κ2) is 6.17. The zero-order valence-electron chi connectivity index (χ0n) is 17.4. The minimum absolute atomic E-state index is 0.719. The number of rotatable bonds is 0. The van der Waals surface area contributed by atoms with Crippen molar-refractivity contribution in [3.05, 3.63) is 106 Å². The van der Waals surface area contributed by atoms with Gasteiger partial charge in [-0.3, -0.25) is 0 Å². The SMILES string of the molecule is c1ccc2c3c(ccc2c1)[CH]1[Zr][CH]2C4=C(CCC1=C3CC4)c1c2ccc2ccccc12. The first-order valence-corrected chi connectivity index (χ1v) is 14.5. The van der Waals surface area contributed by atoms with Crippen molar-refractivity contribution in [3.63, 3.8) is 0 Å². The normalized spacial score (nSPS) is 23.0. The van der Waals surface area contributed by atoms with Gasteiger partial charge in [-0.15, -0.1) is 0 Å². The molecule has 0 N–H and O–H groups in total. The van der Waals surface area contributed by atoms with Crippen LogP contribution in [0, 0.1) is 0 Å². The summed E-state index contributed by atoms with van der Waals surface area (Å²) in [7, 11) is 0. The fraction of sp³-hybridized carbons (Fsp3) is 0.200. The Labute approximate surface area is 194 Å². The molecular formula is C30H22Zr. The van der Waals surface area contributed by atoms with Crippen LogP contribution in [-0.2, 0) is 23.2 Å². The molecule has 6 bridgehead atoms. The number of benzene rings is 4. The summed E-state index contributed by atoms with van der Waals surface area (Å²) in [6, 6.07) is 28.0. The van der Waals surface area contributed by atoms with Crippen molar-refractivity contribution in [1.29, 1.82) is 0 Å². The zero-order chi connectivity index (χ0) is 20.1. The van der Waals surface area contributed by atoms with Gasteiger partial charge in [-0.1, -0.05) is 0 Å². The van der Waals surface area contributed by atoms with Gasteiger partial charge >= 0.3 is 195 Å². The van der Waals surface area contributed by atoms with Gasteiger partial charge in [0.25, 0.3) is 0 Å². The van der Waals surface area contributed by atoms with Gasteiger partial charge in [0.05, 0.1) is 0 Å². The quantitative estimate of drug-likeness (QED) is 0.243.